The molecule has 0 aliphatic carbocycles. The fourth-order valence-corrected chi connectivity index (χ4v) is 2.82. The molecule has 0 atom stereocenters. The van der Waals surface area contributed by atoms with Crippen LogP contribution in [0.2, 0.25) is 0 Å². The maximum Gasteiger partial charge on any atom is 0.0824 e. The van der Waals surface area contributed by atoms with E-state index in [4.69, 9.17) is 15.2 Å². The van der Waals surface area contributed by atoms with Crippen molar-refractivity contribution in [1.82, 2.24) is 4.98 Å². The number of H-pyrrole nitrogens is 1. The van der Waals surface area contributed by atoms with Gasteiger partial charge in [0.05, 0.1) is 43.2 Å². The third kappa shape index (κ3) is 4.85. The van der Waals surface area contributed by atoms with Crippen molar-refractivity contribution in [2.75, 3.05) is 25.6 Å². The quantitative estimate of drug-likeness (QED) is 0.425. The Morgan fingerprint density at radius 2 is 1.77 bits per heavy atom. The van der Waals surface area contributed by atoms with Crippen molar-refractivity contribution in [2.24, 2.45) is 0 Å². The van der Waals surface area contributed by atoms with Crippen LogP contribution in [-0.2, 0) is 16.1 Å². The number of ether oxygens (including phenoxy) is 2. The van der Waals surface area contributed by atoms with E-state index >= 15 is 0 Å². The third-order valence-corrected chi connectivity index (χ3v) is 4.00. The van der Waals surface area contributed by atoms with Crippen LogP contribution in [0.15, 0.2) is 48.5 Å². The second kappa shape index (κ2) is 7.91. The van der Waals surface area contributed by atoms with Gasteiger partial charge >= 0.3 is 0 Å². The number of aromatic nitrogens is 1. The summed E-state index contributed by atoms with van der Waals surface area (Å²) in [6.07, 6.45) is 0. The Bertz CT molecular complexity index is 851. The molecule has 4 N–H and O–H groups in total. The van der Waals surface area contributed by atoms with Crippen molar-refractivity contribution < 1.29 is 14.6 Å². The van der Waals surface area contributed by atoms with E-state index in [1.54, 1.807) is 13.8 Å². The van der Waals surface area contributed by atoms with Gasteiger partial charge in [-0.3, -0.25) is 0 Å². The van der Waals surface area contributed by atoms with Crippen LogP contribution >= 0.6 is 0 Å². The number of nitrogens with two attached hydrogens (primary N) is 1. The zero-order chi connectivity index (χ0) is 18.6. The molecule has 2 aromatic carbocycles. The molecule has 3 aromatic rings. The average molecular weight is 354 g/mol. The highest BCUT2D eigenvalue weighted by Gasteiger charge is 2.12. The summed E-state index contributed by atoms with van der Waals surface area (Å²) >= 11 is 0. The van der Waals surface area contributed by atoms with E-state index in [9.17, 15) is 5.11 Å². The predicted molar refractivity (Wildman–Crippen MR) is 105 cm³/mol. The molecule has 1 aromatic heterocycles. The number of nitrogens with one attached hydrogen (secondary N) is 1. The zero-order valence-electron chi connectivity index (χ0n) is 15.3. The highest BCUT2D eigenvalue weighted by atomic mass is 16.5. The molecule has 0 radical (unpaired) electrons. The second-order valence-corrected chi connectivity index (χ2v) is 7.12. The molecule has 0 bridgehead atoms. The van der Waals surface area contributed by atoms with Crippen LogP contribution < -0.4 is 5.73 Å². The van der Waals surface area contributed by atoms with Gasteiger partial charge in [0, 0.05) is 11.1 Å². The smallest absolute Gasteiger partial charge is 0.0824 e. The van der Waals surface area contributed by atoms with E-state index in [1.807, 2.05) is 24.3 Å². The number of aliphatic hydroxyl groups is 1. The molecule has 5 nitrogen and oxygen atoms in total. The maximum absolute atomic E-state index is 9.58. The van der Waals surface area contributed by atoms with Crippen molar-refractivity contribution in [3.05, 3.63) is 54.1 Å². The van der Waals surface area contributed by atoms with Gasteiger partial charge in [-0.25, -0.2) is 0 Å². The van der Waals surface area contributed by atoms with Crippen LogP contribution in [0.3, 0.4) is 0 Å². The summed E-state index contributed by atoms with van der Waals surface area (Å²) in [4.78, 5) is 3.40. The van der Waals surface area contributed by atoms with Gasteiger partial charge in [-0.1, -0.05) is 30.3 Å². The minimum Gasteiger partial charge on any atom is -0.397 e. The molecule has 5 heteroatoms. The fourth-order valence-electron chi connectivity index (χ4n) is 2.82. The molecule has 0 aliphatic rings. The Labute approximate surface area is 153 Å². The molecular weight excluding hydrogens is 328 g/mol. The van der Waals surface area contributed by atoms with E-state index < -0.39 is 5.60 Å². The summed E-state index contributed by atoms with van der Waals surface area (Å²) in [5.41, 5.74) is 10.2. The topological polar surface area (TPSA) is 80.5 Å². The van der Waals surface area contributed by atoms with Crippen molar-refractivity contribution in [3.63, 3.8) is 0 Å². The number of hydrogen-bond donors (Lipinski definition) is 3. The van der Waals surface area contributed by atoms with Gasteiger partial charge in [-0.15, -0.1) is 0 Å². The van der Waals surface area contributed by atoms with Crippen LogP contribution in [0.25, 0.3) is 22.2 Å². The summed E-state index contributed by atoms with van der Waals surface area (Å²) in [6.45, 7) is 5.11. The lowest BCUT2D eigenvalue weighted by molar-refractivity contribution is -0.0390. The van der Waals surface area contributed by atoms with Crippen LogP contribution in [0.1, 0.15) is 19.4 Å². The highest BCUT2D eigenvalue weighted by molar-refractivity contribution is 5.94. The molecule has 0 saturated carbocycles. The Kier molecular flexibility index (Phi) is 5.61. The third-order valence-electron chi connectivity index (χ3n) is 4.00. The lowest BCUT2D eigenvalue weighted by atomic mass is 10.1. The van der Waals surface area contributed by atoms with Crippen LogP contribution in [0, 0.1) is 0 Å². The number of benzene rings is 2. The number of anilines is 1. The van der Waals surface area contributed by atoms with E-state index in [2.05, 4.69) is 29.2 Å². The van der Waals surface area contributed by atoms with Crippen molar-refractivity contribution in [3.8, 4) is 11.3 Å². The monoisotopic (exact) mass is 354 g/mol. The van der Waals surface area contributed by atoms with Gasteiger partial charge in [-0.05, 0) is 43.2 Å². The van der Waals surface area contributed by atoms with Crippen molar-refractivity contribution in [1.29, 1.82) is 0 Å². The Hall–Kier alpha value is -2.34. The first-order chi connectivity index (χ1) is 12.4. The molecule has 0 spiro atoms. The summed E-state index contributed by atoms with van der Waals surface area (Å²) in [5.74, 6) is 0. The van der Waals surface area contributed by atoms with E-state index in [-0.39, 0.29) is 0 Å². The lowest BCUT2D eigenvalue weighted by Crippen LogP contribution is -2.26. The van der Waals surface area contributed by atoms with Gasteiger partial charge in [0.25, 0.3) is 0 Å². The zero-order valence-corrected chi connectivity index (χ0v) is 15.3. The first-order valence-electron chi connectivity index (χ1n) is 8.77. The van der Waals surface area contributed by atoms with Gasteiger partial charge in [0.1, 0.15) is 0 Å². The molecular formula is C21H26N2O3. The number of fused-ring (bicyclic) bond motifs is 1. The van der Waals surface area contributed by atoms with Crippen LogP contribution in [0.5, 0.6) is 0 Å². The highest BCUT2D eigenvalue weighted by Crippen LogP contribution is 2.28. The summed E-state index contributed by atoms with van der Waals surface area (Å²) in [5, 5.41) is 10.7. The summed E-state index contributed by atoms with van der Waals surface area (Å²) in [7, 11) is 0. The minimum atomic E-state index is -0.815. The molecule has 1 heterocycles. The normalized spacial score (nSPS) is 12.0. The minimum absolute atomic E-state index is 0.293. The maximum atomic E-state index is 9.58. The molecule has 3 rings (SSSR count). The predicted octanol–water partition coefficient (Wildman–Crippen LogP) is 3.72. The second-order valence-electron chi connectivity index (χ2n) is 7.12. The van der Waals surface area contributed by atoms with Crippen LogP contribution in [-0.4, -0.2) is 35.5 Å². The van der Waals surface area contributed by atoms with Crippen molar-refractivity contribution >= 4 is 16.6 Å². The SMILES string of the molecule is CC(C)(O)COCCOCc1cc(N)c2[nH]c(-c3ccccc3)cc2c1. The summed E-state index contributed by atoms with van der Waals surface area (Å²) < 4.78 is 11.0. The lowest BCUT2D eigenvalue weighted by Gasteiger charge is -2.16. The molecule has 0 saturated heterocycles. The van der Waals surface area contributed by atoms with E-state index in [0.29, 0.717) is 32.1 Å². The summed E-state index contributed by atoms with van der Waals surface area (Å²) in [6, 6.07) is 16.3. The largest absolute Gasteiger partial charge is 0.397 e. The molecule has 0 amide bonds. The van der Waals surface area contributed by atoms with Gasteiger partial charge < -0.3 is 25.3 Å². The van der Waals surface area contributed by atoms with Crippen molar-refractivity contribution in [2.45, 2.75) is 26.1 Å². The number of nitrogen functional groups attached to an aromatic ring is 1. The Balaban J connectivity index is 1.62. The number of rotatable bonds is 8. The standard InChI is InChI=1S/C21H26N2O3/c1-21(2,24)14-26-9-8-25-13-15-10-17-12-19(16-6-4-3-5-7-16)23-20(17)18(22)11-15/h3-7,10-12,23-24H,8-9,13-14,22H2,1-2H3. The molecule has 0 unspecified atom stereocenters. The number of hydrogen-bond acceptors (Lipinski definition) is 4. The molecule has 26 heavy (non-hydrogen) atoms. The molecule has 138 valence electrons. The molecule has 0 fully saturated rings. The van der Waals surface area contributed by atoms with Gasteiger partial charge in [0.2, 0.25) is 0 Å². The Morgan fingerprint density at radius 1 is 1.04 bits per heavy atom. The average Bonchev–Trinajstić information content (AvgIpc) is 3.03. The Morgan fingerprint density at radius 3 is 2.50 bits per heavy atom. The number of aromatic amines is 1. The fraction of sp³-hybridized carbons (Fsp3) is 0.333. The van der Waals surface area contributed by atoms with Crippen LogP contribution in [0.4, 0.5) is 5.69 Å². The van der Waals surface area contributed by atoms with Gasteiger partial charge in [-0.2, -0.15) is 0 Å². The first kappa shape index (κ1) is 18.5. The van der Waals surface area contributed by atoms with E-state index in [1.165, 1.54) is 0 Å². The first-order valence-corrected chi connectivity index (χ1v) is 8.77. The van der Waals surface area contributed by atoms with Gasteiger partial charge in [0.15, 0.2) is 0 Å². The van der Waals surface area contributed by atoms with E-state index in [0.717, 1.165) is 27.7 Å². The molecule has 0 aliphatic heterocycles.